The third kappa shape index (κ3) is 5.61. The van der Waals surface area contributed by atoms with Crippen LogP contribution in [0.1, 0.15) is 85.5 Å². The predicted octanol–water partition coefficient (Wildman–Crippen LogP) is 5.82. The van der Waals surface area contributed by atoms with E-state index in [4.69, 9.17) is 9.47 Å². The van der Waals surface area contributed by atoms with Crippen LogP contribution in [-0.4, -0.2) is 24.6 Å². The topological polar surface area (TPSA) is 52.6 Å². The summed E-state index contributed by atoms with van der Waals surface area (Å²) in [6.45, 7) is 9.64. The number of rotatable bonds is 7. The summed E-state index contributed by atoms with van der Waals surface area (Å²) in [5, 5.41) is 0. The Morgan fingerprint density at radius 3 is 2.72 bits per heavy atom. The van der Waals surface area contributed by atoms with Crippen LogP contribution in [0.5, 0.6) is 0 Å². The Bertz CT molecular complexity index is 738. The zero-order valence-corrected chi connectivity index (χ0v) is 18.5. The van der Waals surface area contributed by atoms with Crippen LogP contribution in [-0.2, 0) is 19.1 Å². The van der Waals surface area contributed by atoms with Crippen molar-refractivity contribution in [1.29, 1.82) is 0 Å². The van der Waals surface area contributed by atoms with Crippen molar-refractivity contribution < 1.29 is 19.1 Å². The van der Waals surface area contributed by atoms with Gasteiger partial charge in [0.1, 0.15) is 6.10 Å². The first-order valence-electron chi connectivity index (χ1n) is 11.2. The summed E-state index contributed by atoms with van der Waals surface area (Å²) >= 11 is 0. The third-order valence-corrected chi connectivity index (χ3v) is 6.89. The van der Waals surface area contributed by atoms with E-state index in [0.29, 0.717) is 24.9 Å². The zero-order valence-electron chi connectivity index (χ0n) is 18.5. The van der Waals surface area contributed by atoms with Crippen molar-refractivity contribution in [1.82, 2.24) is 0 Å². The van der Waals surface area contributed by atoms with E-state index in [0.717, 1.165) is 31.3 Å². The minimum Gasteiger partial charge on any atom is -0.465 e. The fraction of sp³-hybridized carbons (Fsp3) is 0.680. The maximum Gasteiger partial charge on any atom is 0.333 e. The summed E-state index contributed by atoms with van der Waals surface area (Å²) < 4.78 is 10.6. The van der Waals surface area contributed by atoms with Crippen LogP contribution in [0.2, 0.25) is 0 Å². The molecule has 2 heterocycles. The monoisotopic (exact) mass is 400 g/mol. The molecule has 0 aromatic carbocycles. The van der Waals surface area contributed by atoms with Crippen LogP contribution in [0.25, 0.3) is 0 Å². The molecule has 160 valence electrons. The molecule has 0 aromatic heterocycles. The number of carbonyl (C=O) groups is 2. The molecule has 1 aliphatic carbocycles. The van der Waals surface area contributed by atoms with Crippen molar-refractivity contribution in [2.75, 3.05) is 6.61 Å². The quantitative estimate of drug-likeness (QED) is 0.399. The number of hydrogen-bond donors (Lipinski definition) is 0. The lowest BCUT2D eigenvalue weighted by Gasteiger charge is -2.35. The molecule has 4 heteroatoms. The highest BCUT2D eigenvalue weighted by Gasteiger charge is 2.35. The summed E-state index contributed by atoms with van der Waals surface area (Å²) in [5.41, 5.74) is 5.74. The van der Waals surface area contributed by atoms with Crippen molar-refractivity contribution in [3.8, 4) is 0 Å². The van der Waals surface area contributed by atoms with Gasteiger partial charge < -0.3 is 9.47 Å². The second-order valence-corrected chi connectivity index (χ2v) is 9.64. The van der Waals surface area contributed by atoms with Gasteiger partial charge in [0, 0.05) is 17.9 Å². The van der Waals surface area contributed by atoms with Crippen molar-refractivity contribution in [2.45, 2.75) is 91.6 Å². The van der Waals surface area contributed by atoms with Gasteiger partial charge >= 0.3 is 11.9 Å². The van der Waals surface area contributed by atoms with E-state index in [1.807, 2.05) is 6.08 Å². The second-order valence-electron chi connectivity index (χ2n) is 9.64. The number of esters is 2. The number of allylic oxidation sites excluding steroid dienone is 4. The number of hydrogen-bond acceptors (Lipinski definition) is 4. The van der Waals surface area contributed by atoms with E-state index in [1.54, 1.807) is 11.1 Å². The maximum absolute atomic E-state index is 12.3. The van der Waals surface area contributed by atoms with E-state index in [9.17, 15) is 9.59 Å². The van der Waals surface area contributed by atoms with Gasteiger partial charge in [-0.2, -0.15) is 0 Å². The van der Waals surface area contributed by atoms with Crippen molar-refractivity contribution in [3.05, 3.63) is 34.4 Å². The highest BCUT2D eigenvalue weighted by molar-refractivity contribution is 5.89. The van der Waals surface area contributed by atoms with Crippen LogP contribution in [0.15, 0.2) is 34.4 Å². The molecule has 0 aromatic rings. The summed E-state index contributed by atoms with van der Waals surface area (Å²) in [7, 11) is 0. The highest BCUT2D eigenvalue weighted by Crippen LogP contribution is 2.42. The standard InChI is InChI=1S/C25H36O4/c1-17(10-12-21-18(2)8-6-14-25(21,3)4)7-5-9-19-11-13-22(29-24(19)27)20-15-23(26)28-16-20/h7,11,20,22H,5-6,8-10,12-16H2,1-4H3. The largest absolute Gasteiger partial charge is 0.465 e. The number of ether oxygens (including phenoxy) is 2. The van der Waals surface area contributed by atoms with Crippen LogP contribution in [0, 0.1) is 11.3 Å². The molecule has 4 nitrogen and oxygen atoms in total. The Morgan fingerprint density at radius 1 is 1.28 bits per heavy atom. The first-order valence-corrected chi connectivity index (χ1v) is 11.2. The number of cyclic esters (lactones) is 2. The Morgan fingerprint density at radius 2 is 2.07 bits per heavy atom. The molecule has 29 heavy (non-hydrogen) atoms. The molecule has 0 bridgehead atoms. The average molecular weight is 401 g/mol. The Balaban J connectivity index is 1.46. The molecule has 0 amide bonds. The van der Waals surface area contributed by atoms with E-state index < -0.39 is 0 Å². The summed E-state index contributed by atoms with van der Waals surface area (Å²) in [5.74, 6) is -0.409. The molecule has 0 saturated carbocycles. The van der Waals surface area contributed by atoms with E-state index in [1.165, 1.54) is 24.8 Å². The van der Waals surface area contributed by atoms with Gasteiger partial charge in [-0.1, -0.05) is 42.7 Å². The lowest BCUT2D eigenvalue weighted by atomic mass is 9.71. The lowest BCUT2D eigenvalue weighted by molar-refractivity contribution is -0.148. The Labute approximate surface area is 175 Å². The van der Waals surface area contributed by atoms with Crippen molar-refractivity contribution in [2.24, 2.45) is 11.3 Å². The minimum absolute atomic E-state index is 0.00758. The van der Waals surface area contributed by atoms with Crippen LogP contribution in [0.4, 0.5) is 0 Å². The van der Waals surface area contributed by atoms with Crippen LogP contribution in [0.3, 0.4) is 0 Å². The molecule has 3 aliphatic rings. The van der Waals surface area contributed by atoms with Gasteiger partial charge in [-0.05, 0) is 64.2 Å². The summed E-state index contributed by atoms with van der Waals surface area (Å²) in [6, 6.07) is 0. The molecule has 2 unspecified atom stereocenters. The van der Waals surface area contributed by atoms with Gasteiger partial charge in [0.25, 0.3) is 0 Å². The van der Waals surface area contributed by atoms with Crippen molar-refractivity contribution >= 4 is 11.9 Å². The maximum atomic E-state index is 12.3. The average Bonchev–Trinajstić information content (AvgIpc) is 3.08. The van der Waals surface area contributed by atoms with Crippen molar-refractivity contribution in [3.63, 3.8) is 0 Å². The second kappa shape index (κ2) is 9.32. The molecule has 2 aliphatic heterocycles. The van der Waals surface area contributed by atoms with Gasteiger partial charge in [0.15, 0.2) is 0 Å². The van der Waals surface area contributed by atoms with E-state index in [2.05, 4.69) is 33.8 Å². The Hall–Kier alpha value is -1.84. The van der Waals surface area contributed by atoms with E-state index >= 15 is 0 Å². The van der Waals surface area contributed by atoms with Crippen LogP contribution >= 0.6 is 0 Å². The molecule has 0 spiro atoms. The molecule has 0 N–H and O–H groups in total. The number of carbonyl (C=O) groups excluding carboxylic acids is 2. The van der Waals surface area contributed by atoms with Gasteiger partial charge in [-0.25, -0.2) is 4.79 Å². The molecule has 3 rings (SSSR count). The summed E-state index contributed by atoms with van der Waals surface area (Å²) in [4.78, 5) is 23.6. The first-order chi connectivity index (χ1) is 13.8. The smallest absolute Gasteiger partial charge is 0.333 e. The highest BCUT2D eigenvalue weighted by atomic mass is 16.6. The minimum atomic E-state index is -0.226. The fourth-order valence-electron chi connectivity index (χ4n) is 4.99. The van der Waals surface area contributed by atoms with Gasteiger partial charge in [-0.15, -0.1) is 0 Å². The SMILES string of the molecule is CC(=CCCC1=CCC(C2COC(=O)C2)OC1=O)CCC1=C(C)CCCC1(C)C. The molecular formula is C25H36O4. The van der Waals surface area contributed by atoms with Gasteiger partial charge in [-0.3, -0.25) is 4.79 Å². The van der Waals surface area contributed by atoms with Gasteiger partial charge in [0.05, 0.1) is 13.0 Å². The summed E-state index contributed by atoms with van der Waals surface area (Å²) in [6.07, 6.45) is 12.8. The molecule has 1 saturated heterocycles. The molecule has 2 atom stereocenters. The van der Waals surface area contributed by atoms with E-state index in [-0.39, 0.29) is 24.0 Å². The fourth-order valence-corrected chi connectivity index (χ4v) is 4.99. The van der Waals surface area contributed by atoms with Crippen LogP contribution < -0.4 is 0 Å². The zero-order chi connectivity index (χ0) is 21.0. The Kier molecular flexibility index (Phi) is 7.02. The normalized spacial score (nSPS) is 27.6. The third-order valence-electron chi connectivity index (χ3n) is 6.89. The molecule has 1 fully saturated rings. The predicted molar refractivity (Wildman–Crippen MR) is 114 cm³/mol. The molecule has 0 radical (unpaired) electrons. The first kappa shape index (κ1) is 21.9. The van der Waals surface area contributed by atoms with Gasteiger partial charge in [0.2, 0.25) is 0 Å². The lowest BCUT2D eigenvalue weighted by Crippen LogP contribution is -2.31. The molecular weight excluding hydrogens is 364 g/mol.